The summed E-state index contributed by atoms with van der Waals surface area (Å²) in [6.45, 7) is 3.13. The van der Waals surface area contributed by atoms with Crippen LogP contribution < -0.4 is 5.56 Å². The van der Waals surface area contributed by atoms with Crippen LogP contribution in [0.2, 0.25) is 0 Å². The maximum Gasteiger partial charge on any atom is 0.258 e. The number of rotatable bonds is 7. The van der Waals surface area contributed by atoms with Gasteiger partial charge in [0.15, 0.2) is 11.0 Å². The zero-order valence-electron chi connectivity index (χ0n) is 16.1. The largest absolute Gasteiger partial charge is 0.383 e. The van der Waals surface area contributed by atoms with Crippen molar-refractivity contribution in [1.29, 1.82) is 0 Å². The molecule has 0 saturated heterocycles. The normalized spacial score (nSPS) is 12.3. The number of hydrogen-bond donors (Lipinski definition) is 1. The van der Waals surface area contributed by atoms with Crippen LogP contribution in [0.25, 0.3) is 22.3 Å². The quantitative estimate of drug-likeness (QED) is 0.469. The van der Waals surface area contributed by atoms with Crippen LogP contribution in [0, 0.1) is 0 Å². The van der Waals surface area contributed by atoms with E-state index >= 15 is 0 Å². The second kappa shape index (κ2) is 8.54. The summed E-state index contributed by atoms with van der Waals surface area (Å²) < 4.78 is 7.27. The molecule has 3 heterocycles. The van der Waals surface area contributed by atoms with Gasteiger partial charge in [0.05, 0.1) is 29.3 Å². The summed E-state index contributed by atoms with van der Waals surface area (Å²) >= 11 is 1.49. The molecular weight excluding hydrogens is 388 g/mol. The number of para-hydroxylation sites is 1. The number of pyridine rings is 1. The SMILES string of the molecule is COCCn1c(S[C@@H](C)c2nc3ccccc3c(=O)[nH]2)nnc1-c1ccncc1. The predicted octanol–water partition coefficient (Wildman–Crippen LogP) is 3.08. The van der Waals surface area contributed by atoms with Crippen molar-refractivity contribution in [2.24, 2.45) is 0 Å². The molecule has 0 bridgehead atoms. The molecule has 8 nitrogen and oxygen atoms in total. The molecule has 0 spiro atoms. The van der Waals surface area contributed by atoms with Crippen LogP contribution in [-0.4, -0.2) is 43.4 Å². The van der Waals surface area contributed by atoms with Gasteiger partial charge in [-0.05, 0) is 31.2 Å². The number of methoxy groups -OCH3 is 1. The third-order valence-corrected chi connectivity index (χ3v) is 5.56. The minimum absolute atomic E-state index is 0.122. The molecular formula is C20H20N6O2S. The summed E-state index contributed by atoms with van der Waals surface area (Å²) in [6, 6.07) is 11.1. The van der Waals surface area contributed by atoms with Crippen molar-refractivity contribution >= 4 is 22.7 Å². The van der Waals surface area contributed by atoms with Gasteiger partial charge >= 0.3 is 0 Å². The smallest absolute Gasteiger partial charge is 0.258 e. The van der Waals surface area contributed by atoms with Crippen molar-refractivity contribution in [3.63, 3.8) is 0 Å². The third-order valence-electron chi connectivity index (χ3n) is 4.47. The molecule has 0 aliphatic carbocycles. The summed E-state index contributed by atoms with van der Waals surface area (Å²) in [4.78, 5) is 24.0. The molecule has 4 aromatic rings. The van der Waals surface area contributed by atoms with E-state index in [1.165, 1.54) is 11.8 Å². The van der Waals surface area contributed by atoms with E-state index in [-0.39, 0.29) is 10.8 Å². The molecule has 148 valence electrons. The van der Waals surface area contributed by atoms with Gasteiger partial charge in [-0.15, -0.1) is 10.2 Å². The lowest BCUT2D eigenvalue weighted by molar-refractivity contribution is 0.185. The van der Waals surface area contributed by atoms with Crippen molar-refractivity contribution in [3.05, 3.63) is 65.0 Å². The number of aromatic amines is 1. The fraction of sp³-hybridized carbons (Fsp3) is 0.250. The van der Waals surface area contributed by atoms with Crippen LogP contribution in [0.15, 0.2) is 58.7 Å². The van der Waals surface area contributed by atoms with Crippen LogP contribution in [0.4, 0.5) is 0 Å². The van der Waals surface area contributed by atoms with Crippen molar-refractivity contribution in [2.45, 2.75) is 23.9 Å². The van der Waals surface area contributed by atoms with Crippen LogP contribution in [0.5, 0.6) is 0 Å². The number of nitrogens with one attached hydrogen (secondary N) is 1. The molecule has 0 unspecified atom stereocenters. The fourth-order valence-corrected chi connectivity index (χ4v) is 3.92. The number of H-pyrrole nitrogens is 1. The Hall–Kier alpha value is -3.04. The molecule has 29 heavy (non-hydrogen) atoms. The Bertz CT molecular complexity index is 1170. The van der Waals surface area contributed by atoms with E-state index in [9.17, 15) is 4.79 Å². The van der Waals surface area contributed by atoms with Crippen LogP contribution >= 0.6 is 11.8 Å². The number of benzene rings is 1. The Morgan fingerprint density at radius 3 is 2.76 bits per heavy atom. The number of hydrogen-bond acceptors (Lipinski definition) is 7. The van der Waals surface area contributed by atoms with E-state index in [4.69, 9.17) is 4.74 Å². The highest BCUT2D eigenvalue weighted by atomic mass is 32.2. The monoisotopic (exact) mass is 408 g/mol. The van der Waals surface area contributed by atoms with Crippen LogP contribution in [0.1, 0.15) is 18.0 Å². The van der Waals surface area contributed by atoms with Gasteiger partial charge < -0.3 is 9.72 Å². The number of ether oxygens (including phenoxy) is 1. The van der Waals surface area contributed by atoms with Crippen molar-refractivity contribution in [1.82, 2.24) is 29.7 Å². The Morgan fingerprint density at radius 1 is 1.17 bits per heavy atom. The first-order chi connectivity index (χ1) is 14.2. The number of aromatic nitrogens is 6. The summed E-state index contributed by atoms with van der Waals surface area (Å²) in [7, 11) is 1.66. The first kappa shape index (κ1) is 19.3. The molecule has 1 N–H and O–H groups in total. The average molecular weight is 408 g/mol. The van der Waals surface area contributed by atoms with Gasteiger partial charge in [-0.1, -0.05) is 23.9 Å². The predicted molar refractivity (Wildman–Crippen MR) is 112 cm³/mol. The standard InChI is InChI=1S/C20H20N6O2S/c1-13(17-22-16-6-4-3-5-15(16)19(27)23-17)29-20-25-24-18(26(20)11-12-28-2)14-7-9-21-10-8-14/h3-10,13H,11-12H2,1-2H3,(H,22,23,27)/t13-/m0/s1. The number of fused-ring (bicyclic) bond motifs is 1. The molecule has 1 atom stereocenters. The summed E-state index contributed by atoms with van der Waals surface area (Å²) in [5, 5.41) is 9.94. The summed E-state index contributed by atoms with van der Waals surface area (Å²) in [5.41, 5.74) is 1.47. The third kappa shape index (κ3) is 4.06. The Balaban J connectivity index is 1.67. The highest BCUT2D eigenvalue weighted by Gasteiger charge is 2.19. The second-order valence-corrected chi connectivity index (χ2v) is 7.72. The van der Waals surface area contributed by atoms with E-state index in [1.54, 1.807) is 25.6 Å². The molecule has 0 saturated carbocycles. The van der Waals surface area contributed by atoms with Crippen molar-refractivity contribution in [2.75, 3.05) is 13.7 Å². The zero-order valence-corrected chi connectivity index (χ0v) is 16.9. The van der Waals surface area contributed by atoms with E-state index in [0.29, 0.717) is 29.9 Å². The van der Waals surface area contributed by atoms with E-state index in [0.717, 1.165) is 16.5 Å². The highest BCUT2D eigenvalue weighted by Crippen LogP contribution is 2.33. The van der Waals surface area contributed by atoms with Gasteiger partial charge in [-0.2, -0.15) is 0 Å². The molecule has 0 radical (unpaired) electrons. The molecule has 0 fully saturated rings. The second-order valence-electron chi connectivity index (χ2n) is 6.41. The number of nitrogens with zero attached hydrogens (tertiary/aromatic N) is 5. The average Bonchev–Trinajstić information content (AvgIpc) is 3.15. The molecule has 1 aromatic carbocycles. The first-order valence-corrected chi connectivity index (χ1v) is 10.0. The summed E-state index contributed by atoms with van der Waals surface area (Å²) in [5.74, 6) is 1.35. The molecule has 3 aromatic heterocycles. The van der Waals surface area contributed by atoms with Gasteiger partial charge in [-0.25, -0.2) is 4.98 Å². The minimum atomic E-state index is -0.142. The van der Waals surface area contributed by atoms with Crippen LogP contribution in [-0.2, 0) is 11.3 Å². The highest BCUT2D eigenvalue weighted by molar-refractivity contribution is 7.99. The van der Waals surface area contributed by atoms with Gasteiger partial charge in [0.1, 0.15) is 5.82 Å². The van der Waals surface area contributed by atoms with E-state index in [2.05, 4.69) is 25.1 Å². The molecule has 0 aliphatic heterocycles. The molecule has 4 rings (SSSR count). The topological polar surface area (TPSA) is 98.6 Å². The molecule has 0 aliphatic rings. The lowest BCUT2D eigenvalue weighted by atomic mass is 10.2. The van der Waals surface area contributed by atoms with E-state index < -0.39 is 0 Å². The van der Waals surface area contributed by atoms with Gasteiger partial charge in [0.25, 0.3) is 5.56 Å². The Morgan fingerprint density at radius 2 is 1.97 bits per heavy atom. The Labute approximate surface area is 171 Å². The maximum atomic E-state index is 12.4. The summed E-state index contributed by atoms with van der Waals surface area (Å²) in [6.07, 6.45) is 3.45. The lowest BCUT2D eigenvalue weighted by Gasteiger charge is -2.13. The zero-order chi connectivity index (χ0) is 20.2. The van der Waals surface area contributed by atoms with E-state index in [1.807, 2.05) is 41.8 Å². The fourth-order valence-electron chi connectivity index (χ4n) is 2.99. The number of thioether (sulfide) groups is 1. The van der Waals surface area contributed by atoms with Gasteiger partial charge in [0, 0.05) is 25.1 Å². The van der Waals surface area contributed by atoms with Crippen molar-refractivity contribution < 1.29 is 4.74 Å². The lowest BCUT2D eigenvalue weighted by Crippen LogP contribution is -2.13. The first-order valence-electron chi connectivity index (χ1n) is 9.15. The maximum absolute atomic E-state index is 12.4. The van der Waals surface area contributed by atoms with Crippen molar-refractivity contribution in [3.8, 4) is 11.4 Å². The molecule has 0 amide bonds. The van der Waals surface area contributed by atoms with Gasteiger partial charge in [-0.3, -0.25) is 14.3 Å². The van der Waals surface area contributed by atoms with Gasteiger partial charge in [0.2, 0.25) is 0 Å². The molecule has 9 heteroatoms. The minimum Gasteiger partial charge on any atom is -0.383 e. The van der Waals surface area contributed by atoms with Crippen LogP contribution in [0.3, 0.4) is 0 Å². The Kier molecular flexibility index (Phi) is 5.68.